The number of carbonyl (C=O) groups is 1. The summed E-state index contributed by atoms with van der Waals surface area (Å²) >= 11 is 0. The second kappa shape index (κ2) is 5.96. The highest BCUT2D eigenvalue weighted by atomic mass is 19.1. The predicted octanol–water partition coefficient (Wildman–Crippen LogP) is 2.17. The smallest absolute Gasteiger partial charge is 0.320 e. The quantitative estimate of drug-likeness (QED) is 0.676. The normalized spacial score (nSPS) is 19.8. The third kappa shape index (κ3) is 3.30. The lowest BCUT2D eigenvalue weighted by molar-refractivity contribution is -0.385. The summed E-state index contributed by atoms with van der Waals surface area (Å²) < 4.78 is 13.4. The van der Waals surface area contributed by atoms with Crippen LogP contribution in [0.2, 0.25) is 0 Å². The first-order valence-electron chi connectivity index (χ1n) is 6.38. The Bertz CT molecular complexity index is 535. The molecule has 7 heteroatoms. The highest BCUT2D eigenvalue weighted by molar-refractivity contribution is 5.73. The average Bonchev–Trinajstić information content (AvgIpc) is 2.38. The first-order chi connectivity index (χ1) is 9.47. The molecule has 1 aromatic carbocycles. The molecule has 1 aromatic rings. The van der Waals surface area contributed by atoms with Crippen LogP contribution in [-0.2, 0) is 11.3 Å². The highest BCUT2D eigenvalue weighted by Crippen LogP contribution is 2.22. The summed E-state index contributed by atoms with van der Waals surface area (Å²) in [4.78, 5) is 22.9. The van der Waals surface area contributed by atoms with Gasteiger partial charge in [0.15, 0.2) is 0 Å². The van der Waals surface area contributed by atoms with Crippen LogP contribution in [0.5, 0.6) is 0 Å². The number of nitro benzene ring substituents is 1. The topological polar surface area (TPSA) is 83.7 Å². The van der Waals surface area contributed by atoms with Gasteiger partial charge in [-0.3, -0.25) is 19.8 Å². The Hall–Kier alpha value is -2.02. The summed E-state index contributed by atoms with van der Waals surface area (Å²) in [6.45, 7) is 0.802. The summed E-state index contributed by atoms with van der Waals surface area (Å²) in [5, 5.41) is 19.9. The molecule has 0 amide bonds. The van der Waals surface area contributed by atoms with Crippen molar-refractivity contribution >= 4 is 11.7 Å². The van der Waals surface area contributed by atoms with Gasteiger partial charge in [0, 0.05) is 12.6 Å². The first kappa shape index (κ1) is 14.4. The van der Waals surface area contributed by atoms with Crippen molar-refractivity contribution < 1.29 is 19.2 Å². The van der Waals surface area contributed by atoms with Gasteiger partial charge in [0.25, 0.3) is 5.69 Å². The molecule has 2 rings (SSSR count). The maximum Gasteiger partial charge on any atom is 0.320 e. The van der Waals surface area contributed by atoms with Crippen molar-refractivity contribution in [3.8, 4) is 0 Å². The zero-order valence-electron chi connectivity index (χ0n) is 10.8. The maximum absolute atomic E-state index is 13.4. The molecule has 1 aliphatic heterocycles. The van der Waals surface area contributed by atoms with E-state index in [1.54, 1.807) is 4.90 Å². The van der Waals surface area contributed by atoms with E-state index in [1.807, 2.05) is 0 Å². The third-order valence-corrected chi connectivity index (χ3v) is 3.44. The van der Waals surface area contributed by atoms with Crippen LogP contribution >= 0.6 is 0 Å². The molecule has 20 heavy (non-hydrogen) atoms. The van der Waals surface area contributed by atoms with Gasteiger partial charge in [-0.2, -0.15) is 0 Å². The van der Waals surface area contributed by atoms with Crippen LogP contribution in [0.4, 0.5) is 10.1 Å². The number of rotatable bonds is 4. The largest absolute Gasteiger partial charge is 0.480 e. The molecule has 0 saturated carbocycles. The minimum atomic E-state index is -0.907. The number of carboxylic acid groups (broad SMARTS) is 1. The Morgan fingerprint density at radius 2 is 2.20 bits per heavy atom. The summed E-state index contributed by atoms with van der Waals surface area (Å²) in [5.74, 6) is -1.59. The van der Waals surface area contributed by atoms with E-state index < -0.39 is 22.8 Å². The summed E-state index contributed by atoms with van der Waals surface area (Å²) in [6.07, 6.45) is 2.27. The van der Waals surface area contributed by atoms with Crippen molar-refractivity contribution in [2.45, 2.75) is 31.8 Å². The van der Waals surface area contributed by atoms with Crippen LogP contribution in [0, 0.1) is 15.9 Å². The van der Waals surface area contributed by atoms with Gasteiger partial charge < -0.3 is 5.11 Å². The van der Waals surface area contributed by atoms with Gasteiger partial charge >= 0.3 is 5.97 Å². The Morgan fingerprint density at radius 1 is 1.45 bits per heavy atom. The molecule has 1 heterocycles. The molecule has 1 unspecified atom stereocenters. The van der Waals surface area contributed by atoms with Crippen molar-refractivity contribution in [1.82, 2.24) is 4.90 Å². The zero-order chi connectivity index (χ0) is 14.7. The van der Waals surface area contributed by atoms with Gasteiger partial charge in [-0.15, -0.1) is 0 Å². The van der Waals surface area contributed by atoms with E-state index in [9.17, 15) is 19.3 Å². The van der Waals surface area contributed by atoms with Gasteiger partial charge in [0.05, 0.1) is 11.0 Å². The number of benzene rings is 1. The van der Waals surface area contributed by atoms with Gasteiger partial charge in [-0.25, -0.2) is 4.39 Å². The average molecular weight is 282 g/mol. The molecule has 1 saturated heterocycles. The fraction of sp³-hybridized carbons (Fsp3) is 0.462. The van der Waals surface area contributed by atoms with E-state index in [4.69, 9.17) is 5.11 Å². The standard InChI is InChI=1S/C13H15FN2O4/c14-10-5-9(6-11(7-10)16(19)20)8-15-4-2-1-3-12(15)13(17)18/h5-7,12H,1-4,8H2,(H,17,18). The number of nitrogens with zero attached hydrogens (tertiary/aromatic N) is 2. The summed E-state index contributed by atoms with van der Waals surface area (Å²) in [7, 11) is 0. The van der Waals surface area contributed by atoms with E-state index in [1.165, 1.54) is 12.1 Å². The van der Waals surface area contributed by atoms with E-state index in [2.05, 4.69) is 0 Å². The number of nitro groups is 1. The lowest BCUT2D eigenvalue weighted by atomic mass is 10.0. The number of hydrogen-bond donors (Lipinski definition) is 1. The lowest BCUT2D eigenvalue weighted by Gasteiger charge is -2.32. The maximum atomic E-state index is 13.4. The Morgan fingerprint density at radius 3 is 2.85 bits per heavy atom. The molecule has 1 aliphatic rings. The van der Waals surface area contributed by atoms with Crippen molar-refractivity contribution in [3.05, 3.63) is 39.7 Å². The van der Waals surface area contributed by atoms with Crippen LogP contribution in [0.25, 0.3) is 0 Å². The molecule has 0 aromatic heterocycles. The van der Waals surface area contributed by atoms with Crippen molar-refractivity contribution in [3.63, 3.8) is 0 Å². The number of carboxylic acids is 1. The molecular weight excluding hydrogens is 267 g/mol. The molecule has 0 spiro atoms. The van der Waals surface area contributed by atoms with E-state index in [0.29, 0.717) is 18.5 Å². The number of non-ortho nitro benzene ring substituents is 1. The fourth-order valence-electron chi connectivity index (χ4n) is 2.52. The van der Waals surface area contributed by atoms with Gasteiger partial charge in [-0.05, 0) is 31.0 Å². The molecular formula is C13H15FN2O4. The van der Waals surface area contributed by atoms with E-state index in [-0.39, 0.29) is 12.2 Å². The summed E-state index contributed by atoms with van der Waals surface area (Å²) in [5.41, 5.74) is 0.105. The Balaban J connectivity index is 2.19. The van der Waals surface area contributed by atoms with Crippen LogP contribution in [0.3, 0.4) is 0 Å². The molecule has 1 fully saturated rings. The Kier molecular flexibility index (Phi) is 4.29. The minimum absolute atomic E-state index is 0.204. The molecule has 6 nitrogen and oxygen atoms in total. The summed E-state index contributed by atoms with van der Waals surface area (Å²) in [6, 6.07) is 2.75. The number of likely N-dealkylation sites (tertiary alicyclic amines) is 1. The molecule has 0 bridgehead atoms. The third-order valence-electron chi connectivity index (χ3n) is 3.44. The molecule has 108 valence electrons. The molecule has 0 radical (unpaired) electrons. The SMILES string of the molecule is O=C(O)C1CCCCN1Cc1cc(F)cc([N+](=O)[O-])c1. The molecule has 0 aliphatic carbocycles. The highest BCUT2D eigenvalue weighted by Gasteiger charge is 2.28. The first-order valence-corrected chi connectivity index (χ1v) is 6.38. The van der Waals surface area contributed by atoms with E-state index >= 15 is 0 Å². The Labute approximate surface area is 115 Å². The van der Waals surface area contributed by atoms with Crippen LogP contribution in [-0.4, -0.2) is 33.5 Å². The van der Waals surface area contributed by atoms with Gasteiger partial charge in [0.1, 0.15) is 11.9 Å². The number of aliphatic carboxylic acids is 1. The number of halogens is 1. The van der Waals surface area contributed by atoms with Crippen molar-refractivity contribution in [2.24, 2.45) is 0 Å². The predicted molar refractivity (Wildman–Crippen MR) is 68.7 cm³/mol. The molecule has 1 N–H and O–H groups in total. The van der Waals surface area contributed by atoms with Crippen LogP contribution in [0.15, 0.2) is 18.2 Å². The second-order valence-corrected chi connectivity index (χ2v) is 4.90. The monoisotopic (exact) mass is 282 g/mol. The molecule has 1 atom stereocenters. The van der Waals surface area contributed by atoms with Crippen molar-refractivity contribution in [2.75, 3.05) is 6.54 Å². The zero-order valence-corrected chi connectivity index (χ0v) is 10.8. The number of hydrogen-bond acceptors (Lipinski definition) is 4. The second-order valence-electron chi connectivity index (χ2n) is 4.90. The lowest BCUT2D eigenvalue weighted by Crippen LogP contribution is -2.44. The van der Waals surface area contributed by atoms with Gasteiger partial charge in [-0.1, -0.05) is 6.42 Å². The fourth-order valence-corrected chi connectivity index (χ4v) is 2.52. The van der Waals surface area contributed by atoms with Crippen LogP contribution < -0.4 is 0 Å². The number of piperidine rings is 1. The van der Waals surface area contributed by atoms with Crippen LogP contribution in [0.1, 0.15) is 24.8 Å². The minimum Gasteiger partial charge on any atom is -0.480 e. The van der Waals surface area contributed by atoms with E-state index in [0.717, 1.165) is 18.9 Å². The van der Waals surface area contributed by atoms with Crippen molar-refractivity contribution in [1.29, 1.82) is 0 Å². The van der Waals surface area contributed by atoms with Gasteiger partial charge in [0.2, 0.25) is 0 Å².